The zero-order valence-corrected chi connectivity index (χ0v) is 10.2. The number of carboxylic acids is 1. The second-order valence-electron chi connectivity index (χ2n) is 4.62. The molecule has 1 saturated heterocycles. The van der Waals surface area contributed by atoms with Gasteiger partial charge in [0.2, 0.25) is 0 Å². The molecule has 92 valence electrons. The fourth-order valence-electron chi connectivity index (χ4n) is 2.42. The second kappa shape index (κ2) is 6.69. The summed E-state index contributed by atoms with van der Waals surface area (Å²) < 4.78 is 0. The molecule has 0 bridgehead atoms. The minimum Gasteiger partial charge on any atom is -0.480 e. The fraction of sp³-hybridized carbons (Fsp3) is 0.769. The van der Waals surface area contributed by atoms with E-state index in [2.05, 4.69) is 18.4 Å². The molecule has 0 aliphatic carbocycles. The van der Waals surface area contributed by atoms with E-state index < -0.39 is 5.97 Å². The SMILES string of the molecule is C=CCCCN1CCC(CC)CC1C(=O)O. The van der Waals surface area contributed by atoms with Crippen molar-refractivity contribution in [1.82, 2.24) is 4.90 Å². The number of unbranched alkanes of at least 4 members (excludes halogenated alkanes) is 1. The molecule has 0 aromatic rings. The maximum absolute atomic E-state index is 11.2. The molecule has 0 aromatic carbocycles. The number of carbonyl (C=O) groups is 1. The average molecular weight is 225 g/mol. The highest BCUT2D eigenvalue weighted by Crippen LogP contribution is 2.25. The molecule has 2 atom stereocenters. The standard InChI is InChI=1S/C13H23NO2/c1-3-5-6-8-14-9-7-11(4-2)10-12(14)13(15)16/h3,11-12H,1,4-10H2,2H3,(H,15,16). The summed E-state index contributed by atoms with van der Waals surface area (Å²) in [6.07, 6.45) is 6.96. The quantitative estimate of drug-likeness (QED) is 0.558. The molecule has 3 nitrogen and oxygen atoms in total. The Bertz CT molecular complexity index is 240. The Morgan fingerprint density at radius 1 is 1.62 bits per heavy atom. The van der Waals surface area contributed by atoms with Gasteiger partial charge in [0, 0.05) is 0 Å². The molecular formula is C13H23NO2. The molecule has 1 heterocycles. The predicted octanol–water partition coefficient (Wildman–Crippen LogP) is 2.53. The first-order valence-corrected chi connectivity index (χ1v) is 6.26. The molecule has 0 spiro atoms. The summed E-state index contributed by atoms with van der Waals surface area (Å²) in [6, 6.07) is -0.261. The van der Waals surface area contributed by atoms with E-state index in [1.807, 2.05) is 6.08 Å². The number of allylic oxidation sites excluding steroid dienone is 1. The third-order valence-corrected chi connectivity index (χ3v) is 3.54. The van der Waals surface area contributed by atoms with Gasteiger partial charge in [-0.3, -0.25) is 9.69 Å². The van der Waals surface area contributed by atoms with E-state index in [1.54, 1.807) is 0 Å². The lowest BCUT2D eigenvalue weighted by Crippen LogP contribution is -2.47. The van der Waals surface area contributed by atoms with Crippen molar-refractivity contribution in [2.24, 2.45) is 5.92 Å². The number of likely N-dealkylation sites (tertiary alicyclic amines) is 1. The Morgan fingerprint density at radius 2 is 2.38 bits per heavy atom. The first kappa shape index (κ1) is 13.2. The minimum absolute atomic E-state index is 0.261. The van der Waals surface area contributed by atoms with Crippen molar-refractivity contribution in [3.8, 4) is 0 Å². The molecule has 0 amide bonds. The van der Waals surface area contributed by atoms with E-state index in [4.69, 9.17) is 0 Å². The number of carboxylic acid groups (broad SMARTS) is 1. The van der Waals surface area contributed by atoms with Crippen LogP contribution in [0.15, 0.2) is 12.7 Å². The number of aliphatic carboxylic acids is 1. The Hall–Kier alpha value is -0.830. The van der Waals surface area contributed by atoms with Gasteiger partial charge in [0.15, 0.2) is 0 Å². The number of hydrogen-bond donors (Lipinski definition) is 1. The number of nitrogens with zero attached hydrogens (tertiary/aromatic N) is 1. The van der Waals surface area contributed by atoms with Crippen LogP contribution < -0.4 is 0 Å². The van der Waals surface area contributed by atoms with E-state index in [0.717, 1.165) is 45.2 Å². The molecule has 0 saturated carbocycles. The van der Waals surface area contributed by atoms with Gasteiger partial charge in [0.25, 0.3) is 0 Å². The number of piperidine rings is 1. The van der Waals surface area contributed by atoms with E-state index in [0.29, 0.717) is 5.92 Å². The normalized spacial score (nSPS) is 26.6. The lowest BCUT2D eigenvalue weighted by atomic mass is 9.89. The van der Waals surface area contributed by atoms with Crippen molar-refractivity contribution in [2.75, 3.05) is 13.1 Å². The maximum atomic E-state index is 11.2. The van der Waals surface area contributed by atoms with Crippen LogP contribution >= 0.6 is 0 Å². The van der Waals surface area contributed by atoms with Gasteiger partial charge in [-0.15, -0.1) is 6.58 Å². The van der Waals surface area contributed by atoms with Crippen molar-refractivity contribution in [3.05, 3.63) is 12.7 Å². The summed E-state index contributed by atoms with van der Waals surface area (Å²) in [5, 5.41) is 9.22. The van der Waals surface area contributed by atoms with Gasteiger partial charge < -0.3 is 5.11 Å². The number of rotatable bonds is 6. The summed E-state index contributed by atoms with van der Waals surface area (Å²) in [4.78, 5) is 13.3. The zero-order chi connectivity index (χ0) is 12.0. The Kier molecular flexibility index (Phi) is 5.53. The van der Waals surface area contributed by atoms with Crippen LogP contribution in [0.2, 0.25) is 0 Å². The molecule has 1 fully saturated rings. The molecule has 0 aromatic heterocycles. The van der Waals surface area contributed by atoms with Crippen LogP contribution in [0, 0.1) is 5.92 Å². The molecule has 1 aliphatic rings. The van der Waals surface area contributed by atoms with Crippen LogP contribution in [0.4, 0.5) is 0 Å². The molecule has 0 radical (unpaired) electrons. The molecule has 1 aliphatic heterocycles. The predicted molar refractivity (Wildman–Crippen MR) is 65.4 cm³/mol. The molecule has 3 heteroatoms. The lowest BCUT2D eigenvalue weighted by molar-refractivity contribution is -0.145. The fourth-order valence-corrected chi connectivity index (χ4v) is 2.42. The van der Waals surface area contributed by atoms with E-state index >= 15 is 0 Å². The molecule has 16 heavy (non-hydrogen) atoms. The third kappa shape index (κ3) is 3.63. The van der Waals surface area contributed by atoms with Crippen molar-refractivity contribution in [1.29, 1.82) is 0 Å². The summed E-state index contributed by atoms with van der Waals surface area (Å²) in [6.45, 7) is 7.66. The van der Waals surface area contributed by atoms with Gasteiger partial charge in [-0.05, 0) is 44.7 Å². The molecular weight excluding hydrogens is 202 g/mol. The van der Waals surface area contributed by atoms with Crippen molar-refractivity contribution < 1.29 is 9.90 Å². The van der Waals surface area contributed by atoms with E-state index in [9.17, 15) is 9.90 Å². The zero-order valence-electron chi connectivity index (χ0n) is 10.2. The summed E-state index contributed by atoms with van der Waals surface area (Å²) in [5.41, 5.74) is 0. The van der Waals surface area contributed by atoms with Crippen LogP contribution in [0.25, 0.3) is 0 Å². The molecule has 1 N–H and O–H groups in total. The highest BCUT2D eigenvalue weighted by molar-refractivity contribution is 5.73. The largest absolute Gasteiger partial charge is 0.480 e. The summed E-state index contributed by atoms with van der Waals surface area (Å²) in [7, 11) is 0. The summed E-state index contributed by atoms with van der Waals surface area (Å²) in [5.74, 6) is -0.0616. The van der Waals surface area contributed by atoms with E-state index in [-0.39, 0.29) is 6.04 Å². The van der Waals surface area contributed by atoms with E-state index in [1.165, 1.54) is 0 Å². The van der Waals surface area contributed by atoms with Gasteiger partial charge in [0.05, 0.1) is 0 Å². The third-order valence-electron chi connectivity index (χ3n) is 3.54. The highest BCUT2D eigenvalue weighted by atomic mass is 16.4. The summed E-state index contributed by atoms with van der Waals surface area (Å²) >= 11 is 0. The Labute approximate surface area is 98.1 Å². The molecule has 1 rings (SSSR count). The average Bonchev–Trinajstić information content (AvgIpc) is 2.29. The van der Waals surface area contributed by atoms with Crippen LogP contribution in [0.1, 0.15) is 39.0 Å². The monoisotopic (exact) mass is 225 g/mol. The molecule has 2 unspecified atom stereocenters. The van der Waals surface area contributed by atoms with Crippen LogP contribution in [-0.4, -0.2) is 35.1 Å². The lowest BCUT2D eigenvalue weighted by Gasteiger charge is -2.36. The van der Waals surface area contributed by atoms with Crippen LogP contribution in [0.3, 0.4) is 0 Å². The second-order valence-corrected chi connectivity index (χ2v) is 4.62. The first-order valence-electron chi connectivity index (χ1n) is 6.26. The van der Waals surface area contributed by atoms with Gasteiger partial charge in [-0.25, -0.2) is 0 Å². The van der Waals surface area contributed by atoms with Crippen molar-refractivity contribution in [3.63, 3.8) is 0 Å². The van der Waals surface area contributed by atoms with Gasteiger partial charge in [-0.2, -0.15) is 0 Å². The first-order chi connectivity index (χ1) is 7.69. The Morgan fingerprint density at radius 3 is 2.94 bits per heavy atom. The van der Waals surface area contributed by atoms with Gasteiger partial charge >= 0.3 is 5.97 Å². The minimum atomic E-state index is -0.656. The number of hydrogen-bond acceptors (Lipinski definition) is 2. The van der Waals surface area contributed by atoms with Gasteiger partial charge in [0.1, 0.15) is 6.04 Å². The van der Waals surface area contributed by atoms with Gasteiger partial charge in [-0.1, -0.05) is 19.4 Å². The van der Waals surface area contributed by atoms with Crippen molar-refractivity contribution in [2.45, 2.75) is 45.1 Å². The maximum Gasteiger partial charge on any atom is 0.320 e. The Balaban J connectivity index is 2.47. The van der Waals surface area contributed by atoms with Crippen LogP contribution in [-0.2, 0) is 4.79 Å². The van der Waals surface area contributed by atoms with Crippen LogP contribution in [0.5, 0.6) is 0 Å². The van der Waals surface area contributed by atoms with Crippen molar-refractivity contribution >= 4 is 5.97 Å². The highest BCUT2D eigenvalue weighted by Gasteiger charge is 2.31. The smallest absolute Gasteiger partial charge is 0.320 e. The topological polar surface area (TPSA) is 40.5 Å².